The second kappa shape index (κ2) is 4.44. The van der Waals surface area contributed by atoms with Crippen LogP contribution in [0.5, 0.6) is 0 Å². The van der Waals surface area contributed by atoms with E-state index >= 15 is 0 Å². The van der Waals surface area contributed by atoms with Crippen molar-refractivity contribution in [2.45, 2.75) is 39.7 Å². The van der Waals surface area contributed by atoms with Gasteiger partial charge in [-0.25, -0.2) is 4.99 Å². The smallest absolute Gasteiger partial charge is 0.294 e. The topological polar surface area (TPSA) is 41.9 Å². The zero-order chi connectivity index (χ0) is 11.7. The van der Waals surface area contributed by atoms with Gasteiger partial charge in [-0.15, -0.1) is 0 Å². The lowest BCUT2D eigenvalue weighted by molar-refractivity contribution is -0.128. The summed E-state index contributed by atoms with van der Waals surface area (Å²) in [4.78, 5) is 18.2. The van der Waals surface area contributed by atoms with Crippen molar-refractivity contribution < 1.29 is 9.53 Å². The van der Waals surface area contributed by atoms with E-state index in [1.54, 1.807) is 4.90 Å². The van der Waals surface area contributed by atoms with Crippen LogP contribution in [0.25, 0.3) is 0 Å². The van der Waals surface area contributed by atoms with Crippen molar-refractivity contribution in [2.24, 2.45) is 16.8 Å². The number of hydrogen-bond acceptors (Lipinski definition) is 3. The van der Waals surface area contributed by atoms with Gasteiger partial charge in [-0.05, 0) is 18.8 Å². The van der Waals surface area contributed by atoms with Crippen molar-refractivity contribution in [2.75, 3.05) is 13.2 Å². The van der Waals surface area contributed by atoms with E-state index in [9.17, 15) is 4.79 Å². The van der Waals surface area contributed by atoms with Crippen LogP contribution in [0.3, 0.4) is 0 Å². The molecule has 1 fully saturated rings. The molecule has 16 heavy (non-hydrogen) atoms. The summed E-state index contributed by atoms with van der Waals surface area (Å²) >= 11 is 0. The van der Waals surface area contributed by atoms with Gasteiger partial charge >= 0.3 is 0 Å². The summed E-state index contributed by atoms with van der Waals surface area (Å²) in [6.45, 7) is 7.69. The van der Waals surface area contributed by atoms with Crippen LogP contribution in [-0.4, -0.2) is 36.0 Å². The Hall–Kier alpha value is -1.06. The van der Waals surface area contributed by atoms with Crippen LogP contribution in [0, 0.1) is 11.8 Å². The van der Waals surface area contributed by atoms with Gasteiger partial charge in [0.25, 0.3) is 6.02 Å². The molecule has 4 heteroatoms. The Balaban J connectivity index is 2.05. The highest BCUT2D eigenvalue weighted by atomic mass is 16.5. The summed E-state index contributed by atoms with van der Waals surface area (Å²) in [6, 6.07) is 0.767. The first-order valence-corrected chi connectivity index (χ1v) is 6.15. The summed E-state index contributed by atoms with van der Waals surface area (Å²) in [7, 11) is 0. The molecule has 4 nitrogen and oxygen atoms in total. The molecule has 0 aromatic rings. The maximum Gasteiger partial charge on any atom is 0.294 e. The monoisotopic (exact) mass is 224 g/mol. The third-order valence-corrected chi connectivity index (χ3v) is 3.47. The molecule has 2 heterocycles. The number of amides is 1. The summed E-state index contributed by atoms with van der Waals surface area (Å²) in [6.07, 6.45) is 1.85. The molecule has 0 aromatic carbocycles. The standard InChI is InChI=1S/C12H20N2O2/c1-4-9-5-6-14(11(9)15)12-13-10(7-16-12)8(2)3/h8-10H,4-7H2,1-3H3. The third-order valence-electron chi connectivity index (χ3n) is 3.47. The average molecular weight is 224 g/mol. The highest BCUT2D eigenvalue weighted by Crippen LogP contribution is 2.24. The Morgan fingerprint density at radius 3 is 2.81 bits per heavy atom. The number of aliphatic imine (C=N–C) groups is 1. The average Bonchev–Trinajstić information content (AvgIpc) is 2.83. The number of likely N-dealkylation sites (tertiary alicyclic amines) is 1. The molecular formula is C12H20N2O2. The largest absolute Gasteiger partial charge is 0.463 e. The highest BCUT2D eigenvalue weighted by molar-refractivity contribution is 5.97. The van der Waals surface area contributed by atoms with Crippen molar-refractivity contribution in [3.05, 3.63) is 0 Å². The Morgan fingerprint density at radius 2 is 2.31 bits per heavy atom. The minimum atomic E-state index is 0.171. The molecule has 2 rings (SSSR count). The maximum atomic E-state index is 12.0. The minimum absolute atomic E-state index is 0.171. The number of hydrogen-bond donors (Lipinski definition) is 0. The predicted molar refractivity (Wildman–Crippen MR) is 62.1 cm³/mol. The summed E-state index contributed by atoms with van der Waals surface area (Å²) in [5, 5.41) is 0. The second-order valence-corrected chi connectivity index (χ2v) is 4.92. The van der Waals surface area contributed by atoms with E-state index in [0.29, 0.717) is 18.5 Å². The second-order valence-electron chi connectivity index (χ2n) is 4.92. The van der Waals surface area contributed by atoms with Gasteiger partial charge in [0.2, 0.25) is 5.91 Å². The molecule has 0 bridgehead atoms. The number of carbonyl (C=O) groups is 1. The SMILES string of the molecule is CCC1CCN(C2=NC(C(C)C)CO2)C1=O. The Morgan fingerprint density at radius 1 is 1.56 bits per heavy atom. The fourth-order valence-corrected chi connectivity index (χ4v) is 2.17. The van der Waals surface area contributed by atoms with Gasteiger partial charge < -0.3 is 4.74 Å². The Kier molecular flexibility index (Phi) is 3.17. The molecule has 0 aromatic heterocycles. The van der Waals surface area contributed by atoms with E-state index in [1.807, 2.05) is 0 Å². The molecule has 90 valence electrons. The molecule has 0 aliphatic carbocycles. The van der Waals surface area contributed by atoms with Gasteiger partial charge in [-0.2, -0.15) is 0 Å². The van der Waals surface area contributed by atoms with Crippen molar-refractivity contribution in [3.8, 4) is 0 Å². The molecule has 1 saturated heterocycles. The lowest BCUT2D eigenvalue weighted by Gasteiger charge is -2.14. The van der Waals surface area contributed by atoms with E-state index in [2.05, 4.69) is 25.8 Å². The van der Waals surface area contributed by atoms with Crippen LogP contribution in [-0.2, 0) is 9.53 Å². The van der Waals surface area contributed by atoms with Crippen LogP contribution in [0.1, 0.15) is 33.6 Å². The van der Waals surface area contributed by atoms with Crippen LogP contribution >= 0.6 is 0 Å². The number of ether oxygens (including phenoxy) is 1. The first-order valence-electron chi connectivity index (χ1n) is 6.15. The summed E-state index contributed by atoms with van der Waals surface area (Å²) in [5.41, 5.74) is 0. The van der Waals surface area contributed by atoms with E-state index < -0.39 is 0 Å². The van der Waals surface area contributed by atoms with Gasteiger partial charge in [0, 0.05) is 12.5 Å². The first kappa shape index (κ1) is 11.4. The summed E-state index contributed by atoms with van der Waals surface area (Å²) in [5.74, 6) is 0.826. The molecule has 0 saturated carbocycles. The summed E-state index contributed by atoms with van der Waals surface area (Å²) < 4.78 is 5.53. The van der Waals surface area contributed by atoms with Crippen LogP contribution in [0.15, 0.2) is 4.99 Å². The van der Waals surface area contributed by atoms with E-state index in [1.165, 1.54) is 0 Å². The third kappa shape index (κ3) is 1.93. The highest BCUT2D eigenvalue weighted by Gasteiger charge is 2.36. The van der Waals surface area contributed by atoms with Gasteiger partial charge in [0.15, 0.2) is 0 Å². The molecule has 0 radical (unpaired) electrons. The van der Waals surface area contributed by atoms with Gasteiger partial charge in [-0.3, -0.25) is 9.69 Å². The van der Waals surface area contributed by atoms with E-state index in [4.69, 9.17) is 4.74 Å². The minimum Gasteiger partial charge on any atom is -0.463 e. The predicted octanol–water partition coefficient (Wildman–Crippen LogP) is 1.66. The lowest BCUT2D eigenvalue weighted by Crippen LogP contribution is -2.33. The zero-order valence-electron chi connectivity index (χ0n) is 10.3. The Bertz CT molecular complexity index is 312. The van der Waals surface area contributed by atoms with Crippen molar-refractivity contribution in [3.63, 3.8) is 0 Å². The molecule has 0 N–H and O–H groups in total. The van der Waals surface area contributed by atoms with Crippen molar-refractivity contribution >= 4 is 11.9 Å². The van der Waals surface area contributed by atoms with Crippen LogP contribution in [0.2, 0.25) is 0 Å². The molecule has 1 amide bonds. The van der Waals surface area contributed by atoms with E-state index in [0.717, 1.165) is 19.4 Å². The number of rotatable bonds is 2. The quantitative estimate of drug-likeness (QED) is 0.715. The molecule has 2 aliphatic rings. The van der Waals surface area contributed by atoms with E-state index in [-0.39, 0.29) is 17.9 Å². The van der Waals surface area contributed by atoms with Crippen LogP contribution < -0.4 is 0 Å². The molecule has 2 atom stereocenters. The number of nitrogens with zero attached hydrogens (tertiary/aromatic N) is 2. The number of amidine groups is 1. The maximum absolute atomic E-state index is 12.0. The first-order chi connectivity index (χ1) is 7.63. The van der Waals surface area contributed by atoms with Crippen molar-refractivity contribution in [1.82, 2.24) is 4.90 Å². The van der Waals surface area contributed by atoms with Gasteiger partial charge in [-0.1, -0.05) is 20.8 Å². The normalized spacial score (nSPS) is 29.9. The number of carbonyl (C=O) groups excluding carboxylic acids is 1. The Labute approximate surface area is 96.7 Å². The molecule has 2 aliphatic heterocycles. The molecule has 2 unspecified atom stereocenters. The molecule has 0 spiro atoms. The lowest BCUT2D eigenvalue weighted by atomic mass is 10.1. The van der Waals surface area contributed by atoms with Gasteiger partial charge in [0.1, 0.15) is 6.61 Å². The fraction of sp³-hybridized carbons (Fsp3) is 0.833. The van der Waals surface area contributed by atoms with Crippen molar-refractivity contribution in [1.29, 1.82) is 0 Å². The van der Waals surface area contributed by atoms with Crippen LogP contribution in [0.4, 0.5) is 0 Å². The van der Waals surface area contributed by atoms with Gasteiger partial charge in [0.05, 0.1) is 6.04 Å². The fourth-order valence-electron chi connectivity index (χ4n) is 2.17. The molecular weight excluding hydrogens is 204 g/mol. The zero-order valence-corrected chi connectivity index (χ0v) is 10.3.